The van der Waals surface area contributed by atoms with Gasteiger partial charge in [-0.25, -0.2) is 9.37 Å². The van der Waals surface area contributed by atoms with Crippen LogP contribution in [0.15, 0.2) is 39.6 Å². The zero-order chi connectivity index (χ0) is 17.2. The van der Waals surface area contributed by atoms with Gasteiger partial charge in [0.1, 0.15) is 5.82 Å². The van der Waals surface area contributed by atoms with Crippen LogP contribution < -0.4 is 5.56 Å². The van der Waals surface area contributed by atoms with Crippen LogP contribution in [0.5, 0.6) is 0 Å². The first-order valence-corrected chi connectivity index (χ1v) is 7.43. The molecular weight excluding hydrogens is 385 g/mol. The summed E-state index contributed by atoms with van der Waals surface area (Å²) in [5.41, 5.74) is -0.542. The van der Waals surface area contributed by atoms with Crippen molar-refractivity contribution in [2.45, 2.75) is 0 Å². The third kappa shape index (κ3) is 1.78. The van der Waals surface area contributed by atoms with Crippen LogP contribution in [-0.4, -0.2) is 20.3 Å². The summed E-state index contributed by atoms with van der Waals surface area (Å²) >= 11 is 3.02. The Morgan fingerprint density at radius 3 is 2.67 bits per heavy atom. The zero-order valence-electron chi connectivity index (χ0n) is 11.6. The fourth-order valence-corrected chi connectivity index (χ4v) is 3.14. The zero-order valence-corrected chi connectivity index (χ0v) is 13.2. The number of rotatable bonds is 1. The number of non-ortho nitro benzene ring substituents is 1. The number of carbonyl (C=O) groups is 1. The van der Waals surface area contributed by atoms with E-state index in [0.29, 0.717) is 0 Å². The Morgan fingerprint density at radius 2 is 1.96 bits per heavy atom. The molecule has 24 heavy (non-hydrogen) atoms. The molecule has 0 amide bonds. The molecule has 0 aliphatic carbocycles. The molecular formula is C15H5BrFN3O4. The first-order valence-electron chi connectivity index (χ1n) is 6.64. The molecule has 118 valence electrons. The van der Waals surface area contributed by atoms with E-state index in [9.17, 15) is 24.1 Å². The van der Waals surface area contributed by atoms with Gasteiger partial charge in [0.15, 0.2) is 5.82 Å². The maximum absolute atomic E-state index is 13.7. The lowest BCUT2D eigenvalue weighted by molar-refractivity contribution is -0.384. The third-order valence-electron chi connectivity index (χ3n) is 3.81. The maximum Gasteiger partial charge on any atom is 0.270 e. The van der Waals surface area contributed by atoms with Crippen LogP contribution in [0.3, 0.4) is 0 Å². The summed E-state index contributed by atoms with van der Waals surface area (Å²) in [7, 11) is 0. The molecule has 0 spiro atoms. The fraction of sp³-hybridized carbons (Fsp3) is 0. The SMILES string of the molecule is O=C1c2cc([N+](=O)[O-])ccc2-n2c1nc1c(Br)c(F)ccc1c2=O. The van der Waals surface area contributed by atoms with Crippen molar-refractivity contribution < 1.29 is 14.1 Å². The van der Waals surface area contributed by atoms with E-state index in [1.165, 1.54) is 18.2 Å². The highest BCUT2D eigenvalue weighted by Crippen LogP contribution is 2.31. The maximum atomic E-state index is 13.7. The van der Waals surface area contributed by atoms with Gasteiger partial charge in [-0.15, -0.1) is 0 Å². The Morgan fingerprint density at radius 1 is 1.21 bits per heavy atom. The summed E-state index contributed by atoms with van der Waals surface area (Å²) in [6.07, 6.45) is 0. The Labute approximate surface area is 140 Å². The summed E-state index contributed by atoms with van der Waals surface area (Å²) in [6, 6.07) is 6.04. The van der Waals surface area contributed by atoms with E-state index < -0.39 is 22.1 Å². The van der Waals surface area contributed by atoms with E-state index in [4.69, 9.17) is 0 Å². The number of fused-ring (bicyclic) bond motifs is 4. The molecule has 0 saturated carbocycles. The molecule has 7 nitrogen and oxygen atoms in total. The van der Waals surface area contributed by atoms with Gasteiger partial charge in [-0.05, 0) is 34.1 Å². The quantitative estimate of drug-likeness (QED) is 0.368. The van der Waals surface area contributed by atoms with Crippen molar-refractivity contribution in [2.75, 3.05) is 0 Å². The van der Waals surface area contributed by atoms with E-state index in [1.54, 1.807) is 0 Å². The first-order chi connectivity index (χ1) is 11.4. The summed E-state index contributed by atoms with van der Waals surface area (Å²) < 4.78 is 14.8. The molecule has 2 heterocycles. The molecule has 1 aromatic heterocycles. The number of hydrogen-bond acceptors (Lipinski definition) is 5. The van der Waals surface area contributed by atoms with Gasteiger partial charge in [-0.3, -0.25) is 24.3 Å². The number of carbonyl (C=O) groups excluding carboxylic acids is 1. The molecule has 0 fully saturated rings. The number of nitro benzene ring substituents is 1. The van der Waals surface area contributed by atoms with E-state index in [-0.39, 0.29) is 38.1 Å². The Hall–Kier alpha value is -2.94. The summed E-state index contributed by atoms with van der Waals surface area (Å²) in [5, 5.41) is 11.0. The van der Waals surface area contributed by atoms with Crippen LogP contribution in [0.4, 0.5) is 10.1 Å². The highest BCUT2D eigenvalue weighted by Gasteiger charge is 2.32. The monoisotopic (exact) mass is 389 g/mol. The first kappa shape index (κ1) is 14.6. The Bertz CT molecular complexity index is 1160. The molecule has 0 radical (unpaired) electrons. The van der Waals surface area contributed by atoms with Gasteiger partial charge in [0, 0.05) is 12.1 Å². The van der Waals surface area contributed by atoms with Crippen molar-refractivity contribution in [1.82, 2.24) is 9.55 Å². The van der Waals surface area contributed by atoms with Crippen molar-refractivity contribution in [1.29, 1.82) is 0 Å². The van der Waals surface area contributed by atoms with E-state index in [0.717, 1.165) is 16.7 Å². The van der Waals surface area contributed by atoms with Gasteiger partial charge in [0.25, 0.3) is 11.2 Å². The van der Waals surface area contributed by atoms with Gasteiger partial charge in [0.05, 0.1) is 31.5 Å². The van der Waals surface area contributed by atoms with Crippen molar-refractivity contribution in [3.8, 4) is 5.69 Å². The predicted molar refractivity (Wildman–Crippen MR) is 85.1 cm³/mol. The van der Waals surface area contributed by atoms with Crippen LogP contribution in [0.25, 0.3) is 16.6 Å². The minimum absolute atomic E-state index is 0.0145. The van der Waals surface area contributed by atoms with Crippen molar-refractivity contribution in [3.05, 3.63) is 72.5 Å². The van der Waals surface area contributed by atoms with Crippen LogP contribution in [-0.2, 0) is 0 Å². The fourth-order valence-electron chi connectivity index (χ4n) is 2.71. The van der Waals surface area contributed by atoms with Gasteiger partial charge in [0.2, 0.25) is 5.78 Å². The molecule has 1 aliphatic heterocycles. The average molecular weight is 390 g/mol. The van der Waals surface area contributed by atoms with Crippen molar-refractivity contribution in [3.63, 3.8) is 0 Å². The molecule has 2 aromatic carbocycles. The van der Waals surface area contributed by atoms with Crippen molar-refractivity contribution in [2.24, 2.45) is 0 Å². The molecule has 0 N–H and O–H groups in total. The number of benzene rings is 2. The van der Waals surface area contributed by atoms with E-state index >= 15 is 0 Å². The van der Waals surface area contributed by atoms with Gasteiger partial charge in [-0.1, -0.05) is 0 Å². The highest BCUT2D eigenvalue weighted by atomic mass is 79.9. The lowest BCUT2D eigenvalue weighted by Crippen LogP contribution is -2.21. The minimum Gasteiger partial charge on any atom is -0.285 e. The summed E-state index contributed by atoms with van der Waals surface area (Å²) in [5.74, 6) is -1.43. The van der Waals surface area contributed by atoms with Crippen LogP contribution in [0.1, 0.15) is 16.2 Å². The molecule has 0 saturated heterocycles. The van der Waals surface area contributed by atoms with Gasteiger partial charge < -0.3 is 0 Å². The molecule has 0 bridgehead atoms. The van der Waals surface area contributed by atoms with Crippen molar-refractivity contribution >= 4 is 38.3 Å². The lowest BCUT2D eigenvalue weighted by atomic mass is 10.1. The van der Waals surface area contributed by atoms with Gasteiger partial charge in [-0.2, -0.15) is 0 Å². The Balaban J connectivity index is 2.11. The molecule has 1 aliphatic rings. The van der Waals surface area contributed by atoms with E-state index in [2.05, 4.69) is 20.9 Å². The number of aromatic nitrogens is 2. The smallest absolute Gasteiger partial charge is 0.270 e. The van der Waals surface area contributed by atoms with E-state index in [1.807, 2.05) is 0 Å². The number of nitrogens with zero attached hydrogens (tertiary/aromatic N) is 3. The summed E-state index contributed by atoms with van der Waals surface area (Å²) in [6.45, 7) is 0. The molecule has 0 atom stereocenters. The average Bonchev–Trinajstić information content (AvgIpc) is 2.84. The number of halogens is 2. The third-order valence-corrected chi connectivity index (χ3v) is 4.57. The van der Waals surface area contributed by atoms with Crippen LogP contribution in [0.2, 0.25) is 0 Å². The normalized spacial score (nSPS) is 12.3. The summed E-state index contributed by atoms with van der Waals surface area (Å²) in [4.78, 5) is 39.6. The molecule has 9 heteroatoms. The second kappa shape index (κ2) is 4.78. The molecule has 0 unspecified atom stereocenters. The van der Waals surface area contributed by atoms with Crippen LogP contribution >= 0.6 is 15.9 Å². The second-order valence-corrected chi connectivity index (χ2v) is 5.91. The Kier molecular flexibility index (Phi) is 2.91. The van der Waals surface area contributed by atoms with Gasteiger partial charge >= 0.3 is 0 Å². The standard InChI is InChI=1S/C15H5BrFN3O4/c16-11-9(17)3-2-7-12(11)18-14-13(21)8-5-6(20(23)24)1-4-10(8)19(14)15(7)22/h1-5H. The topological polar surface area (TPSA) is 95.1 Å². The predicted octanol–water partition coefficient (Wildman–Crippen LogP) is 2.74. The molecule has 3 aromatic rings. The largest absolute Gasteiger partial charge is 0.285 e. The number of hydrogen-bond donors (Lipinski definition) is 0. The number of nitro groups is 1. The van der Waals surface area contributed by atoms with Crippen LogP contribution in [0, 0.1) is 15.9 Å². The number of ketones is 1. The second-order valence-electron chi connectivity index (χ2n) is 5.12. The lowest BCUT2D eigenvalue weighted by Gasteiger charge is -2.06. The minimum atomic E-state index is -0.630. The molecule has 4 rings (SSSR count). The highest BCUT2D eigenvalue weighted by molar-refractivity contribution is 9.10.